The highest BCUT2D eigenvalue weighted by Crippen LogP contribution is 2.21. The zero-order valence-corrected chi connectivity index (χ0v) is 12.4. The molecule has 0 saturated carbocycles. The average molecular weight is 272 g/mol. The minimum atomic E-state index is 0.575. The maximum atomic E-state index is 6.12. The van der Waals surface area contributed by atoms with Gasteiger partial charge in [-0.2, -0.15) is 11.8 Å². The second kappa shape index (κ2) is 8.02. The van der Waals surface area contributed by atoms with Crippen LogP contribution in [0.25, 0.3) is 0 Å². The topological polar surface area (TPSA) is 12.0 Å². The Kier molecular flexibility index (Phi) is 7.02. The quantitative estimate of drug-likeness (QED) is 0.797. The van der Waals surface area contributed by atoms with Gasteiger partial charge in [0.2, 0.25) is 0 Å². The van der Waals surface area contributed by atoms with E-state index in [0.29, 0.717) is 12.0 Å². The molecule has 0 aromatic heterocycles. The van der Waals surface area contributed by atoms with Crippen LogP contribution in [0.3, 0.4) is 0 Å². The first-order chi connectivity index (χ1) is 8.09. The third-order valence-corrected chi connectivity index (χ3v) is 4.18. The van der Waals surface area contributed by atoms with E-state index >= 15 is 0 Å². The molecule has 0 aliphatic carbocycles. The summed E-state index contributed by atoms with van der Waals surface area (Å²) < 4.78 is 0. The van der Waals surface area contributed by atoms with Gasteiger partial charge in [0.15, 0.2) is 0 Å². The molecule has 0 aliphatic rings. The zero-order chi connectivity index (χ0) is 12.7. The summed E-state index contributed by atoms with van der Waals surface area (Å²) in [5.41, 5.74) is 1.24. The Morgan fingerprint density at radius 3 is 2.59 bits per heavy atom. The third-order valence-electron chi connectivity index (χ3n) is 2.49. The molecule has 96 valence electrons. The summed E-state index contributed by atoms with van der Waals surface area (Å²) in [6.07, 6.45) is 0. The van der Waals surface area contributed by atoms with Crippen molar-refractivity contribution in [3.8, 4) is 0 Å². The van der Waals surface area contributed by atoms with Crippen LogP contribution in [0.1, 0.15) is 26.3 Å². The van der Waals surface area contributed by atoms with E-state index in [1.165, 1.54) is 11.3 Å². The number of hydrogen-bond donors (Lipinski definition) is 1. The lowest BCUT2D eigenvalue weighted by Crippen LogP contribution is -2.28. The lowest BCUT2D eigenvalue weighted by molar-refractivity contribution is 0.510. The number of benzene rings is 1. The number of rotatable bonds is 7. The first-order valence-electron chi connectivity index (χ1n) is 6.14. The molecule has 3 heteroatoms. The summed E-state index contributed by atoms with van der Waals surface area (Å²) >= 11 is 8.07. The Bertz CT molecular complexity index is 328. The van der Waals surface area contributed by atoms with E-state index < -0.39 is 0 Å². The van der Waals surface area contributed by atoms with Crippen molar-refractivity contribution in [1.29, 1.82) is 0 Å². The van der Waals surface area contributed by atoms with Gasteiger partial charge in [-0.1, -0.05) is 50.6 Å². The molecule has 0 saturated heterocycles. The second-order valence-electron chi connectivity index (χ2n) is 4.77. The fourth-order valence-corrected chi connectivity index (χ4v) is 2.87. The van der Waals surface area contributed by atoms with Crippen molar-refractivity contribution in [3.05, 3.63) is 34.9 Å². The minimum Gasteiger partial charge on any atom is -0.314 e. The fourth-order valence-electron chi connectivity index (χ4n) is 1.48. The normalized spacial score (nSPS) is 13.0. The summed E-state index contributed by atoms with van der Waals surface area (Å²) in [4.78, 5) is 0. The van der Waals surface area contributed by atoms with Gasteiger partial charge in [-0.3, -0.25) is 0 Å². The molecular weight excluding hydrogens is 250 g/mol. The molecule has 1 nitrogen and oxygen atoms in total. The van der Waals surface area contributed by atoms with E-state index in [4.69, 9.17) is 11.6 Å². The lowest BCUT2D eigenvalue weighted by Gasteiger charge is -2.14. The molecule has 0 amide bonds. The monoisotopic (exact) mass is 271 g/mol. The maximum absolute atomic E-state index is 6.12. The first kappa shape index (κ1) is 14.9. The van der Waals surface area contributed by atoms with Gasteiger partial charge in [0.25, 0.3) is 0 Å². The number of thioether (sulfide) groups is 1. The summed E-state index contributed by atoms with van der Waals surface area (Å²) in [5.74, 6) is 2.88. The van der Waals surface area contributed by atoms with Gasteiger partial charge >= 0.3 is 0 Å². The highest BCUT2D eigenvalue weighted by Gasteiger charge is 2.04. The molecular formula is C14H22ClNS. The molecule has 1 atom stereocenters. The Labute approximate surface area is 114 Å². The molecule has 1 N–H and O–H groups in total. The number of halogens is 1. The van der Waals surface area contributed by atoms with Crippen molar-refractivity contribution in [2.24, 2.45) is 5.92 Å². The van der Waals surface area contributed by atoms with Crippen molar-refractivity contribution in [2.75, 3.05) is 12.3 Å². The fraction of sp³-hybridized carbons (Fsp3) is 0.571. The number of nitrogens with one attached hydrogen (secondary N) is 1. The van der Waals surface area contributed by atoms with E-state index in [2.05, 4.69) is 32.2 Å². The summed E-state index contributed by atoms with van der Waals surface area (Å²) in [6.45, 7) is 7.75. The summed E-state index contributed by atoms with van der Waals surface area (Å²) in [5, 5.41) is 4.35. The largest absolute Gasteiger partial charge is 0.314 e. The summed E-state index contributed by atoms with van der Waals surface area (Å²) in [6, 6.07) is 8.66. The first-order valence-corrected chi connectivity index (χ1v) is 7.67. The zero-order valence-electron chi connectivity index (χ0n) is 10.9. The van der Waals surface area contributed by atoms with Crippen molar-refractivity contribution in [2.45, 2.75) is 32.6 Å². The molecule has 0 radical (unpaired) electrons. The predicted octanol–water partition coefficient (Wildman–Crippen LogP) is 4.21. The van der Waals surface area contributed by atoms with Gasteiger partial charge in [-0.25, -0.2) is 0 Å². The van der Waals surface area contributed by atoms with Crippen LogP contribution in [0.5, 0.6) is 0 Å². The van der Waals surface area contributed by atoms with E-state index in [1.807, 2.05) is 30.0 Å². The molecule has 0 heterocycles. The molecule has 1 rings (SSSR count). The van der Waals surface area contributed by atoms with Crippen LogP contribution in [-0.4, -0.2) is 18.3 Å². The predicted molar refractivity (Wildman–Crippen MR) is 79.9 cm³/mol. The van der Waals surface area contributed by atoms with Crippen LogP contribution in [0.4, 0.5) is 0 Å². The van der Waals surface area contributed by atoms with Gasteiger partial charge in [0.1, 0.15) is 0 Å². The van der Waals surface area contributed by atoms with E-state index in [0.717, 1.165) is 17.3 Å². The van der Waals surface area contributed by atoms with Gasteiger partial charge in [0, 0.05) is 16.8 Å². The van der Waals surface area contributed by atoms with E-state index in [-0.39, 0.29) is 0 Å². The van der Waals surface area contributed by atoms with Gasteiger partial charge in [-0.05, 0) is 29.8 Å². The van der Waals surface area contributed by atoms with Crippen molar-refractivity contribution >= 4 is 23.4 Å². The molecule has 17 heavy (non-hydrogen) atoms. The van der Waals surface area contributed by atoms with Crippen LogP contribution >= 0.6 is 23.4 Å². The van der Waals surface area contributed by atoms with Crippen LogP contribution in [0.15, 0.2) is 24.3 Å². The molecule has 0 fully saturated rings. The van der Waals surface area contributed by atoms with Gasteiger partial charge < -0.3 is 5.32 Å². The van der Waals surface area contributed by atoms with Crippen LogP contribution in [0, 0.1) is 5.92 Å². The molecule has 1 unspecified atom stereocenters. The molecule has 1 aromatic rings. The van der Waals surface area contributed by atoms with E-state index in [1.54, 1.807) is 0 Å². The van der Waals surface area contributed by atoms with Gasteiger partial charge in [0.05, 0.1) is 0 Å². The van der Waals surface area contributed by atoms with Crippen LogP contribution in [-0.2, 0) is 5.75 Å². The maximum Gasteiger partial charge on any atom is 0.0446 e. The standard InChI is InChI=1S/C14H22ClNS/c1-11(2)16-8-12(3)9-17-10-13-6-4-5-7-14(13)15/h4-7,11-12,16H,8-10H2,1-3H3. The second-order valence-corrected chi connectivity index (χ2v) is 6.21. The average Bonchev–Trinajstić information content (AvgIpc) is 2.29. The highest BCUT2D eigenvalue weighted by atomic mass is 35.5. The van der Waals surface area contributed by atoms with Crippen molar-refractivity contribution < 1.29 is 0 Å². The summed E-state index contributed by atoms with van der Waals surface area (Å²) in [7, 11) is 0. The highest BCUT2D eigenvalue weighted by molar-refractivity contribution is 7.98. The van der Waals surface area contributed by atoms with Crippen molar-refractivity contribution in [1.82, 2.24) is 5.32 Å². The Hall–Kier alpha value is -0.180. The van der Waals surface area contributed by atoms with Crippen molar-refractivity contribution in [3.63, 3.8) is 0 Å². The van der Waals surface area contributed by atoms with Crippen LogP contribution in [0.2, 0.25) is 5.02 Å². The van der Waals surface area contributed by atoms with E-state index in [9.17, 15) is 0 Å². The minimum absolute atomic E-state index is 0.575. The molecule has 1 aromatic carbocycles. The Balaban J connectivity index is 2.21. The third kappa shape index (κ3) is 6.35. The Morgan fingerprint density at radius 2 is 1.94 bits per heavy atom. The molecule has 0 spiro atoms. The molecule has 0 bridgehead atoms. The number of hydrogen-bond acceptors (Lipinski definition) is 2. The van der Waals surface area contributed by atoms with Gasteiger partial charge in [-0.15, -0.1) is 0 Å². The van der Waals surface area contributed by atoms with Crippen LogP contribution < -0.4 is 5.32 Å². The molecule has 0 aliphatic heterocycles. The lowest BCUT2D eigenvalue weighted by atomic mass is 10.2. The Morgan fingerprint density at radius 1 is 1.24 bits per heavy atom. The smallest absolute Gasteiger partial charge is 0.0446 e. The SMILES string of the molecule is CC(CNC(C)C)CSCc1ccccc1Cl.